The van der Waals surface area contributed by atoms with E-state index in [0.717, 1.165) is 141 Å². The number of hydrogen-bond donors (Lipinski definition) is 0. The fourth-order valence-corrected chi connectivity index (χ4v) is 10.7. The molecule has 0 aromatic heterocycles. The number of carboxylic acids is 1. The molecule has 0 spiro atoms. The molecule has 0 radical (unpaired) electrons. The number of rotatable bonds is 73. The summed E-state index contributed by atoms with van der Waals surface area (Å²) in [6.07, 6.45) is 120. The second-order valence-electron chi connectivity index (χ2n) is 27.6. The van der Waals surface area contributed by atoms with Gasteiger partial charge in [-0.25, -0.2) is 0 Å². The number of carbonyl (C=O) groups is 3. The van der Waals surface area contributed by atoms with Crippen molar-refractivity contribution in [2.75, 3.05) is 47.5 Å². The van der Waals surface area contributed by atoms with Crippen LogP contribution in [0.4, 0.5) is 0 Å². The van der Waals surface area contributed by atoms with Crippen LogP contribution in [0.5, 0.6) is 0 Å². The van der Waals surface area contributed by atoms with Crippen LogP contribution in [-0.2, 0) is 33.3 Å². The van der Waals surface area contributed by atoms with Crippen molar-refractivity contribution >= 4 is 17.9 Å². The minimum atomic E-state index is -1.64. The van der Waals surface area contributed by atoms with Gasteiger partial charge in [-0.15, -0.1) is 0 Å². The third-order valence-electron chi connectivity index (χ3n) is 16.8. The third-order valence-corrected chi connectivity index (χ3v) is 16.8. The topological polar surface area (TPSA) is 111 Å². The maximum atomic E-state index is 13.0. The average Bonchev–Trinajstić information content (AvgIpc) is 1.25. The molecule has 0 rings (SSSR count). The molecule has 0 amide bonds. The highest BCUT2D eigenvalue weighted by atomic mass is 16.7. The Balaban J connectivity index is 4.12. The number of unbranched alkanes of at least 4 members (excludes halogenated alkanes) is 26. The number of carbonyl (C=O) groups excluding carboxylic acids is 3. The quantitative estimate of drug-likeness (QED) is 0.0195. The highest BCUT2D eigenvalue weighted by Gasteiger charge is 2.22. The van der Waals surface area contributed by atoms with Crippen molar-refractivity contribution in [3.05, 3.63) is 194 Å². The summed E-state index contributed by atoms with van der Waals surface area (Å²) >= 11 is 0. The zero-order valence-electron chi connectivity index (χ0n) is 65.2. The normalized spacial score (nSPS) is 13.7. The van der Waals surface area contributed by atoms with E-state index in [1.165, 1.54) is 135 Å². The lowest BCUT2D eigenvalue weighted by atomic mass is 10.0. The number of ether oxygens (including phenoxy) is 4. The molecule has 0 bridgehead atoms. The summed E-state index contributed by atoms with van der Waals surface area (Å²) in [5, 5.41) is 11.9. The SMILES string of the molecule is CC/C=C\C/C=C\C/C=C\C/C=C\C/C=C\C/C=C\C/C=C\C/C=C\C/C=C\C/C=C\C/C=C\CCCCCC(=O)OC(COC(=O)CCCCCCCCCCCCCCCCCCCCCCCCC/C=C\C/C=C\C/C=C\C/C=C\C/C=C\CC)COC(OCC[N+](C)(C)C)C(=O)[O-]. The van der Waals surface area contributed by atoms with Crippen LogP contribution >= 0.6 is 0 Å². The largest absolute Gasteiger partial charge is 0.545 e. The van der Waals surface area contributed by atoms with Gasteiger partial charge in [-0.2, -0.15) is 0 Å². The van der Waals surface area contributed by atoms with Gasteiger partial charge in [0.2, 0.25) is 0 Å². The lowest BCUT2D eigenvalue weighted by Gasteiger charge is -2.26. The van der Waals surface area contributed by atoms with E-state index in [1.54, 1.807) is 0 Å². The molecular weight excluding hydrogens is 1250 g/mol. The third kappa shape index (κ3) is 81.3. The number of hydrogen-bond acceptors (Lipinski definition) is 8. The van der Waals surface area contributed by atoms with E-state index in [0.29, 0.717) is 17.4 Å². The minimum absolute atomic E-state index is 0.133. The minimum Gasteiger partial charge on any atom is -0.545 e. The molecule has 0 heterocycles. The Morgan fingerprint density at radius 1 is 0.297 bits per heavy atom. The highest BCUT2D eigenvalue weighted by Crippen LogP contribution is 2.17. The van der Waals surface area contributed by atoms with Gasteiger partial charge in [0.15, 0.2) is 12.4 Å². The number of aliphatic carboxylic acids is 1. The molecule has 0 aromatic rings. The van der Waals surface area contributed by atoms with E-state index in [1.807, 2.05) is 21.1 Å². The van der Waals surface area contributed by atoms with E-state index >= 15 is 0 Å². The average molecular weight is 1400 g/mol. The monoisotopic (exact) mass is 1400 g/mol. The zero-order chi connectivity index (χ0) is 73.2. The summed E-state index contributed by atoms with van der Waals surface area (Å²) in [6.45, 7) is 4.48. The number of nitrogens with zero attached hydrogens (tertiary/aromatic N) is 1. The van der Waals surface area contributed by atoms with Gasteiger partial charge in [0.1, 0.15) is 13.2 Å². The molecule has 0 saturated heterocycles. The first kappa shape index (κ1) is 95.1. The Bertz CT molecular complexity index is 2380. The Morgan fingerprint density at radius 2 is 0.535 bits per heavy atom. The molecule has 0 aromatic carbocycles. The molecule has 9 nitrogen and oxygen atoms in total. The molecule has 0 aliphatic rings. The van der Waals surface area contributed by atoms with Gasteiger partial charge in [0.05, 0.1) is 40.3 Å². The van der Waals surface area contributed by atoms with Crippen molar-refractivity contribution < 1.29 is 42.9 Å². The molecule has 0 saturated carbocycles. The van der Waals surface area contributed by atoms with Gasteiger partial charge in [0, 0.05) is 12.8 Å². The van der Waals surface area contributed by atoms with Crippen molar-refractivity contribution in [1.29, 1.82) is 0 Å². The van der Waals surface area contributed by atoms with Crippen LogP contribution in [0.25, 0.3) is 0 Å². The second-order valence-corrected chi connectivity index (χ2v) is 27.6. The molecule has 570 valence electrons. The Morgan fingerprint density at radius 3 is 0.802 bits per heavy atom. The number of likely N-dealkylation sites (N-methyl/N-ethyl adjacent to an activating group) is 1. The maximum Gasteiger partial charge on any atom is 0.306 e. The number of allylic oxidation sites excluding steroid dienone is 32. The smallest absolute Gasteiger partial charge is 0.306 e. The highest BCUT2D eigenvalue weighted by molar-refractivity contribution is 5.70. The van der Waals surface area contributed by atoms with Crippen LogP contribution in [0.2, 0.25) is 0 Å². The van der Waals surface area contributed by atoms with E-state index in [2.05, 4.69) is 208 Å². The molecule has 2 unspecified atom stereocenters. The van der Waals surface area contributed by atoms with Crippen LogP contribution in [0.15, 0.2) is 194 Å². The first-order valence-electron chi connectivity index (χ1n) is 40.6. The summed E-state index contributed by atoms with van der Waals surface area (Å²) in [5.41, 5.74) is 0. The fraction of sp³-hybridized carbons (Fsp3) is 0.620. The van der Waals surface area contributed by atoms with Gasteiger partial charge >= 0.3 is 11.9 Å². The van der Waals surface area contributed by atoms with Crippen molar-refractivity contribution in [2.24, 2.45) is 0 Å². The standard InChI is InChI=1S/C92H149NO8/c1-6-8-10-12-14-16-18-20-22-24-26-28-30-32-34-36-38-40-42-44-45-47-48-50-52-54-56-58-60-62-64-66-68-70-72-74-76-78-80-82-89(94)99-86-88(87-100-92(91(96)97)98-85-84-93(3,4)5)101-90(95)83-81-79-77-75-73-71-69-67-65-63-61-59-57-55-53-51-49-46-43-41-39-37-35-33-31-29-27-25-23-21-19-17-15-13-11-9-7-2/h8-11,14-17,20-23,26-29,32-35,39,41,46,49,53,55,59,61,65,67,71,73,88,92H,6-7,12-13,18-19,24-25,30-31,36-38,40,42-45,47-48,50-52,54,56-58,60,62-64,66,68-70,72,74-87H2,1-5H3/b10-8-,11-9-,16-14-,17-15-,22-20-,23-21-,28-26-,29-27-,34-32-,35-33-,41-39-,49-46-,55-53-,61-59-,67-65-,73-71-. The van der Waals surface area contributed by atoms with Gasteiger partial charge in [-0.05, 0) is 141 Å². The van der Waals surface area contributed by atoms with Crippen LogP contribution in [-0.4, -0.2) is 82.3 Å². The van der Waals surface area contributed by atoms with Crippen molar-refractivity contribution in [1.82, 2.24) is 0 Å². The second kappa shape index (κ2) is 79.8. The Hall–Kier alpha value is -5.87. The molecule has 2 atom stereocenters. The van der Waals surface area contributed by atoms with E-state index < -0.39 is 24.3 Å². The first-order chi connectivity index (χ1) is 49.6. The van der Waals surface area contributed by atoms with Gasteiger partial charge < -0.3 is 33.3 Å². The number of quaternary nitrogens is 1. The van der Waals surface area contributed by atoms with Crippen LogP contribution < -0.4 is 5.11 Å². The van der Waals surface area contributed by atoms with Gasteiger partial charge in [0.25, 0.3) is 0 Å². The van der Waals surface area contributed by atoms with Crippen LogP contribution in [0, 0.1) is 0 Å². The summed E-state index contributed by atoms with van der Waals surface area (Å²) < 4.78 is 22.8. The molecular formula is C92H149NO8. The summed E-state index contributed by atoms with van der Waals surface area (Å²) in [5.74, 6) is -2.34. The predicted molar refractivity (Wildman–Crippen MR) is 434 cm³/mol. The van der Waals surface area contributed by atoms with Gasteiger partial charge in [-0.1, -0.05) is 350 Å². The lowest BCUT2D eigenvalue weighted by molar-refractivity contribution is -0.870. The van der Waals surface area contributed by atoms with E-state index in [9.17, 15) is 19.5 Å². The Labute approximate surface area is 621 Å². The molecule has 0 N–H and O–H groups in total. The Kier molecular flexibility index (Phi) is 75.2. The molecule has 0 aliphatic heterocycles. The fourth-order valence-electron chi connectivity index (χ4n) is 10.7. The maximum absolute atomic E-state index is 13.0. The van der Waals surface area contributed by atoms with Crippen molar-refractivity contribution in [2.45, 2.75) is 322 Å². The zero-order valence-corrected chi connectivity index (χ0v) is 65.2. The summed E-state index contributed by atoms with van der Waals surface area (Å²) in [6, 6.07) is 0. The van der Waals surface area contributed by atoms with E-state index in [4.69, 9.17) is 18.9 Å². The summed E-state index contributed by atoms with van der Waals surface area (Å²) in [4.78, 5) is 37.6. The van der Waals surface area contributed by atoms with Crippen molar-refractivity contribution in [3.8, 4) is 0 Å². The molecule has 101 heavy (non-hydrogen) atoms. The predicted octanol–water partition coefficient (Wildman–Crippen LogP) is 25.1. The molecule has 0 aliphatic carbocycles. The summed E-state index contributed by atoms with van der Waals surface area (Å²) in [7, 11) is 5.92. The molecule has 0 fully saturated rings. The first-order valence-corrected chi connectivity index (χ1v) is 40.6. The van der Waals surface area contributed by atoms with Crippen LogP contribution in [0.1, 0.15) is 309 Å². The van der Waals surface area contributed by atoms with Gasteiger partial charge in [-0.3, -0.25) is 9.59 Å². The molecule has 9 heteroatoms. The van der Waals surface area contributed by atoms with Crippen LogP contribution in [0.3, 0.4) is 0 Å². The lowest BCUT2D eigenvalue weighted by Crippen LogP contribution is -2.44. The number of esters is 2. The van der Waals surface area contributed by atoms with Crippen molar-refractivity contribution in [3.63, 3.8) is 0 Å². The number of carboxylic acid groups (broad SMARTS) is 1. The van der Waals surface area contributed by atoms with E-state index in [-0.39, 0.29) is 38.6 Å².